The van der Waals surface area contributed by atoms with Gasteiger partial charge in [0, 0.05) is 18.8 Å². The third-order valence-electron chi connectivity index (χ3n) is 3.01. The Kier molecular flexibility index (Phi) is 4.43. The van der Waals surface area contributed by atoms with Gasteiger partial charge in [-0.05, 0) is 35.3 Å². The van der Waals surface area contributed by atoms with Crippen LogP contribution in [0.1, 0.15) is 19.4 Å². The van der Waals surface area contributed by atoms with Gasteiger partial charge in [-0.1, -0.05) is 30.3 Å². The first-order valence-corrected chi connectivity index (χ1v) is 7.08. The van der Waals surface area contributed by atoms with Crippen LogP contribution in [0.3, 0.4) is 0 Å². The quantitative estimate of drug-likeness (QED) is 0.930. The Balaban J connectivity index is 2.36. The molecule has 0 spiro atoms. The van der Waals surface area contributed by atoms with Crippen LogP contribution in [-0.2, 0) is 6.54 Å². The zero-order valence-corrected chi connectivity index (χ0v) is 12.8. The van der Waals surface area contributed by atoms with Crippen LogP contribution in [0.2, 0.25) is 0 Å². The molecule has 1 aromatic heterocycles. The molecule has 0 atom stereocenters. The molecule has 0 amide bonds. The molecule has 0 saturated heterocycles. The maximum Gasteiger partial charge on any atom is 0.0781 e. The summed E-state index contributed by atoms with van der Waals surface area (Å²) in [5, 5.41) is 0. The summed E-state index contributed by atoms with van der Waals surface area (Å²) in [7, 11) is 0. The Morgan fingerprint density at radius 3 is 2.47 bits per heavy atom. The summed E-state index contributed by atoms with van der Waals surface area (Å²) < 4.78 is 0.928. The van der Waals surface area contributed by atoms with Crippen molar-refractivity contribution in [1.29, 1.82) is 0 Å². The van der Waals surface area contributed by atoms with E-state index in [2.05, 4.69) is 63.9 Å². The highest BCUT2D eigenvalue weighted by Crippen LogP contribution is 2.33. The number of benzene rings is 1. The summed E-state index contributed by atoms with van der Waals surface area (Å²) in [5.41, 5.74) is 9.04. The molecule has 0 fully saturated rings. The Labute approximate surface area is 122 Å². The van der Waals surface area contributed by atoms with Crippen molar-refractivity contribution in [2.24, 2.45) is 0 Å². The third kappa shape index (κ3) is 3.26. The van der Waals surface area contributed by atoms with E-state index in [-0.39, 0.29) is 0 Å². The first kappa shape index (κ1) is 13.9. The zero-order valence-electron chi connectivity index (χ0n) is 11.2. The maximum absolute atomic E-state index is 6.08. The molecular formula is C15H18BrN3. The van der Waals surface area contributed by atoms with E-state index in [0.29, 0.717) is 11.7 Å². The first-order chi connectivity index (χ1) is 9.09. The molecule has 1 aromatic carbocycles. The van der Waals surface area contributed by atoms with Crippen LogP contribution >= 0.6 is 15.9 Å². The summed E-state index contributed by atoms with van der Waals surface area (Å²) in [5.74, 6) is 0. The molecule has 100 valence electrons. The van der Waals surface area contributed by atoms with Crippen molar-refractivity contribution >= 4 is 27.3 Å². The number of nitrogens with zero attached hydrogens (tertiary/aromatic N) is 2. The molecule has 2 N–H and O–H groups in total. The van der Waals surface area contributed by atoms with Crippen LogP contribution in [0.4, 0.5) is 11.4 Å². The van der Waals surface area contributed by atoms with Gasteiger partial charge in [-0.25, -0.2) is 0 Å². The van der Waals surface area contributed by atoms with E-state index >= 15 is 0 Å². The highest BCUT2D eigenvalue weighted by atomic mass is 79.9. The lowest BCUT2D eigenvalue weighted by Gasteiger charge is -2.31. The van der Waals surface area contributed by atoms with Crippen molar-refractivity contribution in [3.63, 3.8) is 0 Å². The van der Waals surface area contributed by atoms with E-state index in [1.807, 2.05) is 6.07 Å². The highest BCUT2D eigenvalue weighted by molar-refractivity contribution is 9.10. The van der Waals surface area contributed by atoms with E-state index in [1.165, 1.54) is 5.56 Å². The minimum atomic E-state index is 0.348. The summed E-state index contributed by atoms with van der Waals surface area (Å²) in [6.07, 6.45) is 3.48. The second kappa shape index (κ2) is 6.06. The zero-order chi connectivity index (χ0) is 13.8. The molecule has 0 aliphatic heterocycles. The molecule has 3 nitrogen and oxygen atoms in total. The molecule has 0 aliphatic carbocycles. The standard InChI is InChI=1S/C15H18BrN3/c1-11(2)19(10-12-6-4-3-5-7-12)15-13(16)8-18-9-14(15)17/h3-9,11H,10,17H2,1-2H3. The molecule has 2 rings (SSSR count). The number of hydrogen-bond acceptors (Lipinski definition) is 3. The highest BCUT2D eigenvalue weighted by Gasteiger charge is 2.17. The van der Waals surface area contributed by atoms with Gasteiger partial charge >= 0.3 is 0 Å². The Hall–Kier alpha value is -1.55. The molecule has 19 heavy (non-hydrogen) atoms. The molecular weight excluding hydrogens is 302 g/mol. The van der Waals surface area contributed by atoms with Gasteiger partial charge in [-0.2, -0.15) is 0 Å². The SMILES string of the molecule is CC(C)N(Cc1ccccc1)c1c(N)cncc1Br. The van der Waals surface area contributed by atoms with Gasteiger partial charge in [0.2, 0.25) is 0 Å². The van der Waals surface area contributed by atoms with Crippen LogP contribution in [0, 0.1) is 0 Å². The minimum Gasteiger partial charge on any atom is -0.396 e. The van der Waals surface area contributed by atoms with E-state index < -0.39 is 0 Å². The summed E-state index contributed by atoms with van der Waals surface area (Å²) >= 11 is 3.55. The third-order valence-corrected chi connectivity index (χ3v) is 3.59. The molecule has 0 saturated carbocycles. The van der Waals surface area contributed by atoms with Crippen LogP contribution in [0.25, 0.3) is 0 Å². The lowest BCUT2D eigenvalue weighted by Crippen LogP contribution is -2.31. The van der Waals surface area contributed by atoms with Crippen molar-refractivity contribution in [1.82, 2.24) is 4.98 Å². The number of anilines is 2. The largest absolute Gasteiger partial charge is 0.396 e. The second-order valence-corrected chi connectivity index (χ2v) is 5.62. The number of hydrogen-bond donors (Lipinski definition) is 1. The summed E-state index contributed by atoms with van der Waals surface area (Å²) in [6, 6.07) is 10.7. The van der Waals surface area contributed by atoms with Gasteiger partial charge in [0.15, 0.2) is 0 Å². The topological polar surface area (TPSA) is 42.1 Å². The Bertz CT molecular complexity index is 520. The second-order valence-electron chi connectivity index (χ2n) is 4.77. The normalized spacial score (nSPS) is 10.7. The minimum absolute atomic E-state index is 0.348. The van der Waals surface area contributed by atoms with Crippen LogP contribution < -0.4 is 10.6 Å². The van der Waals surface area contributed by atoms with Crippen LogP contribution in [-0.4, -0.2) is 11.0 Å². The molecule has 2 aromatic rings. The van der Waals surface area contributed by atoms with E-state index in [9.17, 15) is 0 Å². The van der Waals surface area contributed by atoms with Crippen molar-refractivity contribution < 1.29 is 0 Å². The molecule has 0 radical (unpaired) electrons. The van der Waals surface area contributed by atoms with Crippen molar-refractivity contribution in [3.05, 3.63) is 52.8 Å². The average molecular weight is 320 g/mol. The fraction of sp³-hybridized carbons (Fsp3) is 0.267. The van der Waals surface area contributed by atoms with Crippen molar-refractivity contribution in [2.75, 3.05) is 10.6 Å². The Morgan fingerprint density at radius 1 is 1.21 bits per heavy atom. The first-order valence-electron chi connectivity index (χ1n) is 6.29. The number of nitrogens with two attached hydrogens (primary N) is 1. The number of pyridine rings is 1. The van der Waals surface area contributed by atoms with Gasteiger partial charge in [0.1, 0.15) is 0 Å². The van der Waals surface area contributed by atoms with E-state index in [1.54, 1.807) is 12.4 Å². The van der Waals surface area contributed by atoms with Gasteiger partial charge in [-0.15, -0.1) is 0 Å². The maximum atomic E-state index is 6.08. The van der Waals surface area contributed by atoms with Gasteiger partial charge in [0.05, 0.1) is 22.0 Å². The Morgan fingerprint density at radius 2 is 1.89 bits per heavy atom. The van der Waals surface area contributed by atoms with Crippen molar-refractivity contribution in [2.45, 2.75) is 26.4 Å². The lowest BCUT2D eigenvalue weighted by atomic mass is 10.1. The van der Waals surface area contributed by atoms with Gasteiger partial charge in [-0.3, -0.25) is 4.98 Å². The van der Waals surface area contributed by atoms with Crippen LogP contribution in [0.5, 0.6) is 0 Å². The van der Waals surface area contributed by atoms with Gasteiger partial charge < -0.3 is 10.6 Å². The van der Waals surface area contributed by atoms with Crippen LogP contribution in [0.15, 0.2) is 47.2 Å². The number of nitrogen functional groups attached to an aromatic ring is 1. The van der Waals surface area contributed by atoms with E-state index in [0.717, 1.165) is 16.7 Å². The monoisotopic (exact) mass is 319 g/mol. The summed E-state index contributed by atoms with van der Waals surface area (Å²) in [6.45, 7) is 5.15. The number of rotatable bonds is 4. The molecule has 0 unspecified atom stereocenters. The number of halogens is 1. The molecule has 0 bridgehead atoms. The molecule has 1 heterocycles. The molecule has 4 heteroatoms. The molecule has 0 aliphatic rings. The van der Waals surface area contributed by atoms with E-state index in [4.69, 9.17) is 5.73 Å². The average Bonchev–Trinajstić information content (AvgIpc) is 2.38. The lowest BCUT2D eigenvalue weighted by molar-refractivity contribution is 0.681. The predicted molar refractivity (Wildman–Crippen MR) is 84.1 cm³/mol. The number of aromatic nitrogens is 1. The fourth-order valence-corrected chi connectivity index (χ4v) is 2.62. The van der Waals surface area contributed by atoms with Crippen molar-refractivity contribution in [3.8, 4) is 0 Å². The summed E-state index contributed by atoms with van der Waals surface area (Å²) in [4.78, 5) is 6.37. The smallest absolute Gasteiger partial charge is 0.0781 e. The fourth-order valence-electron chi connectivity index (χ4n) is 2.05. The predicted octanol–water partition coefficient (Wildman–Crippen LogP) is 3.84. The van der Waals surface area contributed by atoms with Gasteiger partial charge in [0.25, 0.3) is 0 Å².